The van der Waals surface area contributed by atoms with E-state index in [2.05, 4.69) is 71.5 Å². The van der Waals surface area contributed by atoms with Gasteiger partial charge in [-0.1, -0.05) is 67.3 Å². The van der Waals surface area contributed by atoms with E-state index in [1.54, 1.807) is 0 Å². The molecule has 2 saturated carbocycles. The number of fused-ring (bicyclic) bond motifs is 1. The van der Waals surface area contributed by atoms with E-state index < -0.39 is 0 Å². The van der Waals surface area contributed by atoms with Crippen molar-refractivity contribution in [3.05, 3.63) is 71.4 Å². The second-order valence-corrected chi connectivity index (χ2v) is 10.6. The number of hydrogen-bond donors (Lipinski definition) is 2. The Bertz CT molecular complexity index is 1040. The van der Waals surface area contributed by atoms with Crippen molar-refractivity contribution in [1.82, 2.24) is 9.88 Å². The number of aryl methyl sites for hydroxylation is 1. The minimum atomic E-state index is 0. The molecule has 4 heteroatoms. The van der Waals surface area contributed by atoms with E-state index in [0.29, 0.717) is 24.0 Å². The van der Waals surface area contributed by atoms with Crippen LogP contribution in [0.4, 0.5) is 0 Å². The molecule has 1 unspecified atom stereocenters. The van der Waals surface area contributed by atoms with Crippen molar-refractivity contribution >= 4 is 23.3 Å². The number of nitrogens with zero attached hydrogens (tertiary/aromatic N) is 1. The lowest BCUT2D eigenvalue weighted by Crippen LogP contribution is -2.38. The van der Waals surface area contributed by atoms with Crippen LogP contribution in [0.2, 0.25) is 0 Å². The molecule has 1 atom stereocenters. The van der Waals surface area contributed by atoms with Gasteiger partial charge in [0.1, 0.15) is 0 Å². The summed E-state index contributed by atoms with van der Waals surface area (Å²) >= 11 is 0. The Kier molecular flexibility index (Phi) is 8.74. The molecule has 1 aromatic heterocycles. The molecular weight excluding hydrogens is 438 g/mol. The first-order valence-corrected chi connectivity index (χ1v) is 13.3. The molecule has 5 rings (SSSR count). The summed E-state index contributed by atoms with van der Waals surface area (Å²) in [5, 5.41) is 5.33. The Labute approximate surface area is 211 Å². The van der Waals surface area contributed by atoms with Gasteiger partial charge in [0.25, 0.3) is 0 Å². The van der Waals surface area contributed by atoms with Crippen molar-refractivity contribution < 1.29 is 0 Å². The molecule has 0 radical (unpaired) electrons. The molecule has 3 N–H and O–H groups in total. The van der Waals surface area contributed by atoms with Crippen molar-refractivity contribution in [2.75, 3.05) is 6.54 Å². The van der Waals surface area contributed by atoms with Crippen LogP contribution >= 0.6 is 12.4 Å². The fourth-order valence-corrected chi connectivity index (χ4v) is 6.31. The summed E-state index contributed by atoms with van der Waals surface area (Å²) in [4.78, 5) is 0. The molecule has 0 bridgehead atoms. The number of halogens is 1. The maximum absolute atomic E-state index is 6.13. The van der Waals surface area contributed by atoms with E-state index in [0.717, 1.165) is 25.8 Å². The first kappa shape index (κ1) is 25.3. The van der Waals surface area contributed by atoms with Crippen LogP contribution in [0.1, 0.15) is 92.9 Å². The summed E-state index contributed by atoms with van der Waals surface area (Å²) in [5.41, 5.74) is 11.9. The van der Waals surface area contributed by atoms with Gasteiger partial charge in [0, 0.05) is 41.1 Å². The maximum atomic E-state index is 6.13. The molecule has 3 nitrogen and oxygen atoms in total. The molecular formula is C30H42ClN3. The van der Waals surface area contributed by atoms with E-state index in [1.165, 1.54) is 72.5 Å². The number of rotatable bonds is 7. The highest BCUT2D eigenvalue weighted by molar-refractivity contribution is 5.85. The molecule has 184 valence electrons. The summed E-state index contributed by atoms with van der Waals surface area (Å²) in [6.07, 6.45) is 15.2. The molecule has 0 saturated heterocycles. The van der Waals surface area contributed by atoms with Crippen LogP contribution in [0.25, 0.3) is 10.9 Å². The molecule has 0 aliphatic heterocycles. The van der Waals surface area contributed by atoms with Gasteiger partial charge >= 0.3 is 0 Å². The second kappa shape index (κ2) is 11.7. The third-order valence-corrected chi connectivity index (χ3v) is 8.20. The van der Waals surface area contributed by atoms with Gasteiger partial charge in [-0.25, -0.2) is 0 Å². The minimum absolute atomic E-state index is 0. The fraction of sp³-hybridized carbons (Fsp3) is 0.533. The monoisotopic (exact) mass is 479 g/mol. The highest BCUT2D eigenvalue weighted by Crippen LogP contribution is 2.39. The zero-order chi connectivity index (χ0) is 22.6. The molecule has 3 aromatic rings. The third-order valence-electron chi connectivity index (χ3n) is 8.20. The quantitative estimate of drug-likeness (QED) is 0.374. The van der Waals surface area contributed by atoms with Gasteiger partial charge in [-0.05, 0) is 75.6 Å². The van der Waals surface area contributed by atoms with Crippen LogP contribution in [-0.2, 0) is 0 Å². The molecule has 2 aromatic carbocycles. The summed E-state index contributed by atoms with van der Waals surface area (Å²) in [5.74, 6) is 0.415. The van der Waals surface area contributed by atoms with Crippen LogP contribution in [0.3, 0.4) is 0 Å². The average molecular weight is 480 g/mol. The Balaban J connectivity index is 0.00000274. The summed E-state index contributed by atoms with van der Waals surface area (Å²) in [6.45, 7) is 3.27. The van der Waals surface area contributed by atoms with Gasteiger partial charge in [-0.15, -0.1) is 12.4 Å². The van der Waals surface area contributed by atoms with Gasteiger partial charge in [0.2, 0.25) is 0 Å². The maximum Gasteiger partial charge on any atom is 0.0485 e. The van der Waals surface area contributed by atoms with Crippen molar-refractivity contribution in [2.45, 2.75) is 95.2 Å². The zero-order valence-corrected chi connectivity index (χ0v) is 21.5. The topological polar surface area (TPSA) is 43.0 Å². The number of para-hydroxylation sites is 1. The summed E-state index contributed by atoms with van der Waals surface area (Å²) in [6, 6.07) is 20.0. The highest BCUT2D eigenvalue weighted by Gasteiger charge is 2.24. The van der Waals surface area contributed by atoms with Gasteiger partial charge in [0.15, 0.2) is 0 Å². The molecule has 34 heavy (non-hydrogen) atoms. The lowest BCUT2D eigenvalue weighted by molar-refractivity contribution is 0.340. The Morgan fingerprint density at radius 1 is 0.941 bits per heavy atom. The van der Waals surface area contributed by atoms with Crippen LogP contribution in [0.5, 0.6) is 0 Å². The summed E-state index contributed by atoms with van der Waals surface area (Å²) in [7, 11) is 0. The van der Waals surface area contributed by atoms with E-state index >= 15 is 0 Å². The standard InChI is InChI=1S/C30H41N3.ClH/c1-22-8-7-9-23(20-22)27(18-19-32-25-16-14-24(31)15-17-25)29-21-33(26-10-3-2-4-11-26)30-13-6-5-12-28(29)30;/h5-9,12-13,20-21,24-27,32H,2-4,10-11,14-19,31H2,1H3;1H. The number of hydrogen-bond acceptors (Lipinski definition) is 2. The molecule has 2 aliphatic carbocycles. The van der Waals surface area contributed by atoms with Crippen LogP contribution < -0.4 is 11.1 Å². The zero-order valence-electron chi connectivity index (χ0n) is 20.7. The van der Waals surface area contributed by atoms with Crippen LogP contribution in [-0.4, -0.2) is 23.2 Å². The van der Waals surface area contributed by atoms with E-state index in [9.17, 15) is 0 Å². The SMILES string of the molecule is Cc1cccc(C(CCNC2CCC(N)CC2)c2cn(C3CCCCC3)c3ccccc23)c1.Cl. The Hall–Kier alpha value is -1.81. The lowest BCUT2D eigenvalue weighted by atomic mass is 9.87. The minimum Gasteiger partial charge on any atom is -0.344 e. The van der Waals surface area contributed by atoms with Crippen molar-refractivity contribution in [3.63, 3.8) is 0 Å². The predicted molar refractivity (Wildman–Crippen MR) is 147 cm³/mol. The van der Waals surface area contributed by atoms with E-state index in [4.69, 9.17) is 5.73 Å². The number of nitrogens with one attached hydrogen (secondary N) is 1. The van der Waals surface area contributed by atoms with Gasteiger partial charge in [0.05, 0.1) is 0 Å². The largest absolute Gasteiger partial charge is 0.344 e. The number of benzene rings is 2. The smallest absolute Gasteiger partial charge is 0.0485 e. The van der Waals surface area contributed by atoms with Crippen LogP contribution in [0.15, 0.2) is 54.7 Å². The molecule has 0 spiro atoms. The number of aromatic nitrogens is 1. The van der Waals surface area contributed by atoms with Crippen molar-refractivity contribution in [3.8, 4) is 0 Å². The van der Waals surface area contributed by atoms with Gasteiger partial charge in [-0.2, -0.15) is 0 Å². The molecule has 2 fully saturated rings. The van der Waals surface area contributed by atoms with Crippen LogP contribution in [0, 0.1) is 6.92 Å². The van der Waals surface area contributed by atoms with Gasteiger partial charge in [-0.3, -0.25) is 0 Å². The average Bonchev–Trinajstić information content (AvgIpc) is 3.23. The normalized spacial score (nSPS) is 22.4. The Morgan fingerprint density at radius 2 is 1.71 bits per heavy atom. The predicted octanol–water partition coefficient (Wildman–Crippen LogP) is 7.26. The molecule has 1 heterocycles. The lowest BCUT2D eigenvalue weighted by Gasteiger charge is -2.28. The first-order valence-electron chi connectivity index (χ1n) is 13.3. The van der Waals surface area contributed by atoms with Crippen molar-refractivity contribution in [2.24, 2.45) is 5.73 Å². The second-order valence-electron chi connectivity index (χ2n) is 10.6. The highest BCUT2D eigenvalue weighted by atomic mass is 35.5. The third kappa shape index (κ3) is 5.70. The van der Waals surface area contributed by atoms with E-state index in [1.807, 2.05) is 0 Å². The summed E-state index contributed by atoms with van der Waals surface area (Å²) < 4.78 is 2.63. The van der Waals surface area contributed by atoms with Gasteiger partial charge < -0.3 is 15.6 Å². The molecule has 0 amide bonds. The number of nitrogens with two attached hydrogens (primary N) is 1. The first-order chi connectivity index (χ1) is 16.2. The van der Waals surface area contributed by atoms with E-state index in [-0.39, 0.29) is 12.4 Å². The fourth-order valence-electron chi connectivity index (χ4n) is 6.31. The van der Waals surface area contributed by atoms with Crippen molar-refractivity contribution in [1.29, 1.82) is 0 Å². The molecule has 2 aliphatic rings. The Morgan fingerprint density at radius 3 is 2.47 bits per heavy atom.